The molecule has 1 N–H and O–H groups in total. The van der Waals surface area contributed by atoms with Crippen LogP contribution in [0.3, 0.4) is 0 Å². The number of aryl methyl sites for hydroxylation is 1. The van der Waals surface area contributed by atoms with Crippen LogP contribution < -0.4 is 4.74 Å². The summed E-state index contributed by atoms with van der Waals surface area (Å²) in [4.78, 5) is 43.0. The van der Waals surface area contributed by atoms with Gasteiger partial charge in [0.2, 0.25) is 0 Å². The number of halogens is 1. The summed E-state index contributed by atoms with van der Waals surface area (Å²) in [5, 5.41) is 10.7. The summed E-state index contributed by atoms with van der Waals surface area (Å²) in [6.07, 6.45) is 0.879. The number of aliphatic carboxylic acids is 1. The number of carboxylic acid groups (broad SMARTS) is 1. The zero-order chi connectivity index (χ0) is 23.3. The van der Waals surface area contributed by atoms with Gasteiger partial charge >= 0.3 is 12.1 Å². The molecule has 1 unspecified atom stereocenters. The van der Waals surface area contributed by atoms with E-state index < -0.39 is 23.9 Å². The fourth-order valence-corrected chi connectivity index (χ4v) is 6.00. The Bertz CT molecular complexity index is 1290. The van der Waals surface area contributed by atoms with Gasteiger partial charge in [0.1, 0.15) is 10.6 Å². The van der Waals surface area contributed by atoms with Crippen molar-refractivity contribution >= 4 is 51.1 Å². The lowest BCUT2D eigenvalue weighted by Gasteiger charge is -2.20. The zero-order valence-electron chi connectivity index (χ0n) is 17.6. The maximum absolute atomic E-state index is 12.1. The van der Waals surface area contributed by atoms with Crippen LogP contribution in [0.5, 0.6) is 5.75 Å². The van der Waals surface area contributed by atoms with Crippen LogP contribution in [-0.2, 0) is 33.7 Å². The number of imide groups is 1. The normalized spacial score (nSPS) is 17.9. The molecule has 0 radical (unpaired) electrons. The van der Waals surface area contributed by atoms with E-state index in [-0.39, 0.29) is 13.2 Å². The first-order chi connectivity index (χ1) is 15.9. The number of thiophene rings is 1. The quantitative estimate of drug-likeness (QED) is 0.573. The summed E-state index contributed by atoms with van der Waals surface area (Å²) in [5.74, 6) is -0.977. The Morgan fingerprint density at radius 3 is 2.73 bits per heavy atom. The molecule has 2 aromatic heterocycles. The van der Waals surface area contributed by atoms with Gasteiger partial charge in [0.05, 0.1) is 30.3 Å². The van der Waals surface area contributed by atoms with E-state index in [1.807, 2.05) is 24.3 Å². The summed E-state index contributed by atoms with van der Waals surface area (Å²) >= 11 is 8.32. The summed E-state index contributed by atoms with van der Waals surface area (Å²) in [5.41, 5.74) is 3.04. The smallest absolute Gasteiger partial charge is 0.417 e. The van der Waals surface area contributed by atoms with Crippen LogP contribution in [-0.4, -0.2) is 46.7 Å². The van der Waals surface area contributed by atoms with Gasteiger partial charge in [-0.15, -0.1) is 11.3 Å². The predicted octanol–water partition coefficient (Wildman–Crippen LogP) is 4.29. The molecule has 10 heteroatoms. The highest BCUT2D eigenvalue weighted by Gasteiger charge is 2.34. The number of ether oxygens (including phenoxy) is 2. The number of pyridine rings is 1. The topological polar surface area (TPSA) is 106 Å². The Balaban J connectivity index is 1.69. The average molecular weight is 487 g/mol. The number of fused-ring (bicyclic) bond motifs is 3. The highest BCUT2D eigenvalue weighted by Crippen LogP contribution is 2.46. The van der Waals surface area contributed by atoms with E-state index in [9.17, 15) is 19.5 Å². The number of hydrogen-bond acceptors (Lipinski definition) is 7. The van der Waals surface area contributed by atoms with Crippen LogP contribution in [0.25, 0.3) is 21.3 Å². The van der Waals surface area contributed by atoms with Gasteiger partial charge in [-0.25, -0.2) is 14.7 Å². The molecule has 2 aliphatic rings. The monoisotopic (exact) mass is 486 g/mol. The van der Waals surface area contributed by atoms with Crippen LogP contribution in [0.15, 0.2) is 24.3 Å². The third-order valence-electron chi connectivity index (χ3n) is 6.08. The second-order valence-corrected chi connectivity index (χ2v) is 9.43. The van der Waals surface area contributed by atoms with E-state index in [0.717, 1.165) is 31.9 Å². The number of nitrogens with zero attached hydrogens (tertiary/aromatic N) is 2. The molecule has 33 heavy (non-hydrogen) atoms. The summed E-state index contributed by atoms with van der Waals surface area (Å²) in [6, 6.07) is 7.45. The number of carbonyl (C=O) groups is 3. The van der Waals surface area contributed by atoms with E-state index in [0.29, 0.717) is 40.6 Å². The van der Waals surface area contributed by atoms with E-state index >= 15 is 0 Å². The Morgan fingerprint density at radius 2 is 2.09 bits per heavy atom. The van der Waals surface area contributed by atoms with Crippen molar-refractivity contribution in [3.63, 3.8) is 0 Å². The molecule has 0 spiro atoms. The van der Waals surface area contributed by atoms with Crippen LogP contribution in [0.4, 0.5) is 4.79 Å². The summed E-state index contributed by atoms with van der Waals surface area (Å²) in [6.45, 7) is -0.399. The number of methoxy groups -OCH3 is 1. The first kappa shape index (κ1) is 21.7. The van der Waals surface area contributed by atoms with Gasteiger partial charge in [-0.3, -0.25) is 9.59 Å². The number of hydrogen-bond donors (Lipinski definition) is 1. The van der Waals surface area contributed by atoms with Crippen molar-refractivity contribution < 1.29 is 29.0 Å². The van der Waals surface area contributed by atoms with Crippen molar-refractivity contribution in [2.45, 2.75) is 25.8 Å². The first-order valence-corrected chi connectivity index (χ1v) is 11.5. The second-order valence-electron chi connectivity index (χ2n) is 7.97. The van der Waals surface area contributed by atoms with Gasteiger partial charge in [0.15, 0.2) is 6.61 Å². The molecule has 1 aliphatic carbocycles. The highest BCUT2D eigenvalue weighted by atomic mass is 35.5. The summed E-state index contributed by atoms with van der Waals surface area (Å²) in [7, 11) is 1.59. The molecule has 3 heterocycles. The highest BCUT2D eigenvalue weighted by molar-refractivity contribution is 7.19. The molecular weight excluding hydrogens is 468 g/mol. The molecule has 2 amide bonds. The molecule has 1 aliphatic heterocycles. The minimum atomic E-state index is -0.800. The molecule has 0 saturated carbocycles. The Hall–Kier alpha value is -3.17. The Morgan fingerprint density at radius 1 is 1.33 bits per heavy atom. The Labute approximate surface area is 197 Å². The van der Waals surface area contributed by atoms with Gasteiger partial charge < -0.3 is 14.6 Å². The standard InChI is InChI=1S/C23H19ClN2O6S/c1-31-13-5-2-11(3-6-13)18-19-14-7-4-12(22(28)29)8-16(14)33-21(19)25-15(20(18)24)9-26-17(27)10-32-23(26)30/h2-3,5-6,12H,4,7-10H2,1H3,(H,28,29). The minimum absolute atomic E-state index is 0.101. The van der Waals surface area contributed by atoms with Crippen molar-refractivity contribution in [3.05, 3.63) is 45.4 Å². The van der Waals surface area contributed by atoms with Gasteiger partial charge in [-0.1, -0.05) is 23.7 Å². The van der Waals surface area contributed by atoms with E-state index in [4.69, 9.17) is 26.1 Å². The van der Waals surface area contributed by atoms with E-state index in [1.54, 1.807) is 7.11 Å². The zero-order valence-corrected chi connectivity index (χ0v) is 19.2. The van der Waals surface area contributed by atoms with E-state index in [1.165, 1.54) is 11.3 Å². The van der Waals surface area contributed by atoms with Crippen LogP contribution >= 0.6 is 22.9 Å². The lowest BCUT2D eigenvalue weighted by Crippen LogP contribution is -2.29. The maximum atomic E-state index is 12.1. The number of cyclic esters (lactones) is 1. The van der Waals surface area contributed by atoms with Gasteiger partial charge in [-0.2, -0.15) is 0 Å². The van der Waals surface area contributed by atoms with E-state index in [2.05, 4.69) is 0 Å². The van der Waals surface area contributed by atoms with Crippen LogP contribution in [0.1, 0.15) is 22.6 Å². The summed E-state index contributed by atoms with van der Waals surface area (Å²) < 4.78 is 10.1. The lowest BCUT2D eigenvalue weighted by atomic mass is 9.86. The maximum Gasteiger partial charge on any atom is 0.417 e. The van der Waals surface area contributed by atoms with Crippen molar-refractivity contribution in [1.82, 2.24) is 9.88 Å². The average Bonchev–Trinajstić information content (AvgIpc) is 3.33. The minimum Gasteiger partial charge on any atom is -0.497 e. The first-order valence-electron chi connectivity index (χ1n) is 10.3. The molecule has 8 nitrogen and oxygen atoms in total. The number of carboxylic acids is 1. The predicted molar refractivity (Wildman–Crippen MR) is 122 cm³/mol. The van der Waals surface area contributed by atoms with Crippen LogP contribution in [0, 0.1) is 5.92 Å². The third kappa shape index (κ3) is 3.71. The number of aromatic nitrogens is 1. The fraction of sp³-hybridized carbons (Fsp3) is 0.304. The fourth-order valence-electron chi connectivity index (χ4n) is 4.36. The number of amides is 2. The van der Waals surface area contributed by atoms with Gasteiger partial charge in [0.25, 0.3) is 5.91 Å². The Kier molecular flexibility index (Phi) is 5.46. The second kappa shape index (κ2) is 8.31. The molecule has 0 bridgehead atoms. The van der Waals surface area contributed by atoms with Crippen molar-refractivity contribution in [2.75, 3.05) is 13.7 Å². The molecule has 170 valence electrons. The molecule has 3 aromatic rings. The molecule has 1 fully saturated rings. The molecular formula is C23H19ClN2O6S. The van der Waals surface area contributed by atoms with Crippen molar-refractivity contribution in [3.8, 4) is 16.9 Å². The third-order valence-corrected chi connectivity index (χ3v) is 7.64. The molecule has 1 aromatic carbocycles. The number of benzene rings is 1. The number of rotatable bonds is 5. The number of carbonyl (C=O) groups excluding carboxylic acids is 2. The largest absolute Gasteiger partial charge is 0.497 e. The molecule has 5 rings (SSSR count). The SMILES string of the molecule is COc1ccc(-c2c(Cl)c(CN3C(=O)COC3=O)nc3sc4c(c23)CCC(C(=O)O)C4)cc1. The molecule has 1 atom stereocenters. The van der Waals surface area contributed by atoms with Gasteiger partial charge in [-0.05, 0) is 42.5 Å². The van der Waals surface area contributed by atoms with Crippen molar-refractivity contribution in [1.29, 1.82) is 0 Å². The van der Waals surface area contributed by atoms with Crippen molar-refractivity contribution in [2.24, 2.45) is 5.92 Å². The lowest BCUT2D eigenvalue weighted by molar-refractivity contribution is -0.142. The van der Waals surface area contributed by atoms with Gasteiger partial charge in [0, 0.05) is 15.8 Å². The van der Waals surface area contributed by atoms with Crippen LogP contribution in [0.2, 0.25) is 5.02 Å². The molecule has 1 saturated heterocycles.